The number of hydrogen-bond donors (Lipinski definition) is 0. The normalized spacial score (nSPS) is 11.5. The number of rotatable bonds is 8. The maximum Gasteiger partial charge on any atom is 0.145 e. The predicted molar refractivity (Wildman–Crippen MR) is 283 cm³/mol. The van der Waals surface area contributed by atoms with Crippen LogP contribution in [0.3, 0.4) is 0 Å². The lowest BCUT2D eigenvalue weighted by molar-refractivity contribution is 1.10. The molecule has 0 saturated heterocycles. The molecule has 0 aliphatic carbocycles. The monoisotopic (exact) mass is 866 g/mol. The lowest BCUT2D eigenvalue weighted by Crippen LogP contribution is -1.97. The van der Waals surface area contributed by atoms with Crippen LogP contribution in [-0.4, -0.2) is 19.1 Å². The fraction of sp³-hybridized carbons (Fsp3) is 0. The molecule has 2 heterocycles. The molecule has 4 nitrogen and oxygen atoms in total. The number of aromatic nitrogens is 4. The Bertz CT molecular complexity index is 3700. The van der Waals surface area contributed by atoms with Gasteiger partial charge >= 0.3 is 0 Å². The second-order valence-corrected chi connectivity index (χ2v) is 17.3. The van der Waals surface area contributed by atoms with Gasteiger partial charge in [-0.1, -0.05) is 194 Å². The molecule has 318 valence electrons. The van der Waals surface area contributed by atoms with E-state index in [0.29, 0.717) is 0 Å². The molecule has 11 aromatic carbocycles. The third kappa shape index (κ3) is 6.69. The zero-order valence-electron chi connectivity index (χ0n) is 37.0. The van der Waals surface area contributed by atoms with Crippen LogP contribution < -0.4 is 0 Å². The summed E-state index contributed by atoms with van der Waals surface area (Å²) in [6.45, 7) is 0. The van der Waals surface area contributed by atoms with Gasteiger partial charge in [0.1, 0.15) is 11.6 Å². The quantitative estimate of drug-likeness (QED) is 0.143. The fourth-order valence-corrected chi connectivity index (χ4v) is 10.2. The third-order valence-electron chi connectivity index (χ3n) is 13.3. The lowest BCUT2D eigenvalue weighted by Gasteiger charge is -2.20. The minimum atomic E-state index is 0.923. The summed E-state index contributed by atoms with van der Waals surface area (Å²) in [6, 6.07) is 91.3. The Morgan fingerprint density at radius 2 is 0.559 bits per heavy atom. The van der Waals surface area contributed by atoms with Gasteiger partial charge in [-0.2, -0.15) is 0 Å². The van der Waals surface area contributed by atoms with E-state index in [-0.39, 0.29) is 0 Å². The van der Waals surface area contributed by atoms with Crippen LogP contribution in [0.25, 0.3) is 122 Å². The molecule has 4 heteroatoms. The molecule has 2 aromatic heterocycles. The SMILES string of the molecule is c1ccc(-c2c3ccc(-c4ccc(-c5nc6ccccc6n5-c5ccccc5)cc4)cc3c(-c3ccccc3)c3ccc(-c4ccc(-c5nc6ccccc6n5-c5ccccc5)cc4)cc23)cc1. The highest BCUT2D eigenvalue weighted by Crippen LogP contribution is 2.46. The van der Waals surface area contributed by atoms with Crippen molar-refractivity contribution in [3.05, 3.63) is 255 Å². The summed E-state index contributed by atoms with van der Waals surface area (Å²) < 4.78 is 4.52. The number of fused-ring (bicyclic) bond motifs is 4. The second-order valence-electron chi connectivity index (χ2n) is 17.3. The van der Waals surface area contributed by atoms with Crippen molar-refractivity contribution in [1.29, 1.82) is 0 Å². The van der Waals surface area contributed by atoms with Crippen molar-refractivity contribution in [2.24, 2.45) is 0 Å². The van der Waals surface area contributed by atoms with Gasteiger partial charge < -0.3 is 0 Å². The van der Waals surface area contributed by atoms with Crippen LogP contribution >= 0.6 is 0 Å². The molecular formula is C64H42N4. The molecular weight excluding hydrogens is 825 g/mol. The Morgan fingerprint density at radius 3 is 0.956 bits per heavy atom. The average Bonchev–Trinajstić information content (AvgIpc) is 4.01. The topological polar surface area (TPSA) is 35.6 Å². The first-order valence-electron chi connectivity index (χ1n) is 23.2. The van der Waals surface area contributed by atoms with E-state index in [1.807, 2.05) is 0 Å². The molecule has 0 unspecified atom stereocenters. The van der Waals surface area contributed by atoms with E-state index >= 15 is 0 Å². The van der Waals surface area contributed by atoms with Crippen LogP contribution in [0.15, 0.2) is 255 Å². The fourth-order valence-electron chi connectivity index (χ4n) is 10.2. The third-order valence-corrected chi connectivity index (χ3v) is 13.3. The van der Waals surface area contributed by atoms with E-state index in [1.54, 1.807) is 0 Å². The highest BCUT2D eigenvalue weighted by atomic mass is 15.1. The second kappa shape index (κ2) is 16.4. The number of benzene rings is 11. The van der Waals surface area contributed by atoms with E-state index in [0.717, 1.165) is 78.5 Å². The first-order chi connectivity index (χ1) is 33.7. The van der Waals surface area contributed by atoms with Crippen LogP contribution in [0, 0.1) is 0 Å². The van der Waals surface area contributed by atoms with E-state index < -0.39 is 0 Å². The highest BCUT2D eigenvalue weighted by molar-refractivity contribution is 6.22. The van der Waals surface area contributed by atoms with Gasteiger partial charge in [-0.15, -0.1) is 0 Å². The van der Waals surface area contributed by atoms with Gasteiger partial charge in [0.25, 0.3) is 0 Å². The molecule has 0 amide bonds. The molecule has 0 radical (unpaired) electrons. The minimum Gasteiger partial charge on any atom is -0.292 e. The summed E-state index contributed by atoms with van der Waals surface area (Å²) >= 11 is 0. The Hall–Kier alpha value is -9.12. The lowest BCUT2D eigenvalue weighted by atomic mass is 9.84. The molecule has 0 N–H and O–H groups in total. The van der Waals surface area contributed by atoms with Crippen molar-refractivity contribution in [3.8, 4) is 78.7 Å². The maximum absolute atomic E-state index is 5.14. The summed E-state index contributed by atoms with van der Waals surface area (Å²) in [6.07, 6.45) is 0. The summed E-state index contributed by atoms with van der Waals surface area (Å²) in [5, 5.41) is 4.86. The largest absolute Gasteiger partial charge is 0.292 e. The molecule has 0 atom stereocenters. The summed E-state index contributed by atoms with van der Waals surface area (Å²) in [4.78, 5) is 10.3. The first kappa shape index (κ1) is 39.3. The minimum absolute atomic E-state index is 0.923. The predicted octanol–water partition coefficient (Wildman–Crippen LogP) is 16.7. The summed E-state index contributed by atoms with van der Waals surface area (Å²) in [5.41, 5.74) is 17.9. The zero-order chi connectivity index (χ0) is 45.0. The van der Waals surface area contributed by atoms with E-state index in [4.69, 9.17) is 9.97 Å². The Balaban J connectivity index is 0.947. The van der Waals surface area contributed by atoms with Gasteiger partial charge in [-0.3, -0.25) is 9.13 Å². The maximum atomic E-state index is 5.14. The van der Waals surface area contributed by atoms with Crippen LogP contribution in [-0.2, 0) is 0 Å². The van der Waals surface area contributed by atoms with E-state index in [9.17, 15) is 0 Å². The Labute approximate surface area is 394 Å². The molecule has 0 saturated carbocycles. The van der Waals surface area contributed by atoms with E-state index in [1.165, 1.54) is 43.8 Å². The van der Waals surface area contributed by atoms with E-state index in [2.05, 4.69) is 264 Å². The number of hydrogen-bond acceptors (Lipinski definition) is 2. The zero-order valence-corrected chi connectivity index (χ0v) is 37.0. The van der Waals surface area contributed by atoms with Gasteiger partial charge in [0.2, 0.25) is 0 Å². The molecule has 68 heavy (non-hydrogen) atoms. The Morgan fingerprint density at radius 1 is 0.235 bits per heavy atom. The van der Waals surface area contributed by atoms with Gasteiger partial charge in [0.05, 0.1) is 22.1 Å². The smallest absolute Gasteiger partial charge is 0.145 e. The molecule has 0 bridgehead atoms. The van der Waals surface area contributed by atoms with Crippen LogP contribution in [0.5, 0.6) is 0 Å². The van der Waals surface area contributed by atoms with Crippen molar-refractivity contribution in [2.45, 2.75) is 0 Å². The molecule has 13 aromatic rings. The molecule has 13 rings (SSSR count). The number of imidazole rings is 2. The van der Waals surface area contributed by atoms with Crippen molar-refractivity contribution < 1.29 is 0 Å². The van der Waals surface area contributed by atoms with Crippen molar-refractivity contribution in [2.75, 3.05) is 0 Å². The summed E-state index contributed by atoms with van der Waals surface area (Å²) in [7, 11) is 0. The highest BCUT2D eigenvalue weighted by Gasteiger charge is 2.20. The van der Waals surface area contributed by atoms with Gasteiger partial charge in [-0.05, 0) is 127 Å². The van der Waals surface area contributed by atoms with Gasteiger partial charge in [0.15, 0.2) is 0 Å². The molecule has 0 aliphatic rings. The van der Waals surface area contributed by atoms with Crippen LogP contribution in [0.4, 0.5) is 0 Å². The molecule has 0 aliphatic heterocycles. The van der Waals surface area contributed by atoms with Gasteiger partial charge in [0, 0.05) is 22.5 Å². The van der Waals surface area contributed by atoms with Gasteiger partial charge in [-0.25, -0.2) is 9.97 Å². The molecule has 0 spiro atoms. The van der Waals surface area contributed by atoms with Crippen LogP contribution in [0.2, 0.25) is 0 Å². The standard InChI is InChI=1S/C64H42N4/c1-5-17-45(18-6-1)61-53-39-37-50(44-31-35-48(36-32-44)64-66-58-26-14-16-28-60(58)68(64)52-23-11-4-12-24-52)42-56(53)62(46-19-7-2-8-20-46)54-40-38-49(41-55(54)61)43-29-33-47(34-30-43)63-65-57-25-13-15-27-59(57)67(63)51-21-9-3-10-22-51/h1-42H. The number of para-hydroxylation sites is 6. The number of nitrogens with zero attached hydrogens (tertiary/aromatic N) is 4. The summed E-state index contributed by atoms with van der Waals surface area (Å²) in [5.74, 6) is 1.85. The average molecular weight is 867 g/mol. The van der Waals surface area contributed by atoms with Crippen LogP contribution in [0.1, 0.15) is 0 Å². The first-order valence-corrected chi connectivity index (χ1v) is 23.2. The van der Waals surface area contributed by atoms with Crippen molar-refractivity contribution in [3.63, 3.8) is 0 Å². The van der Waals surface area contributed by atoms with Crippen molar-refractivity contribution in [1.82, 2.24) is 19.1 Å². The van der Waals surface area contributed by atoms with Crippen molar-refractivity contribution >= 4 is 43.6 Å². The Kier molecular flexibility index (Phi) is 9.47. The molecule has 0 fully saturated rings.